The molecular weight excluding hydrogens is 426 g/mol. The summed E-state index contributed by atoms with van der Waals surface area (Å²) in [4.78, 5) is 30.8. The van der Waals surface area contributed by atoms with Crippen LogP contribution in [0.2, 0.25) is 0 Å². The third kappa shape index (κ3) is 5.54. The molecule has 0 bridgehead atoms. The lowest BCUT2D eigenvalue weighted by atomic mass is 10.0. The van der Waals surface area contributed by atoms with Gasteiger partial charge in [0.15, 0.2) is 11.5 Å². The lowest BCUT2D eigenvalue weighted by Gasteiger charge is -2.37. The smallest absolute Gasteiger partial charge is 0.318 e. The van der Waals surface area contributed by atoms with Gasteiger partial charge in [-0.15, -0.1) is 11.3 Å². The first-order valence-corrected chi connectivity index (χ1v) is 11.9. The van der Waals surface area contributed by atoms with Crippen LogP contribution in [-0.4, -0.2) is 60.6 Å². The zero-order valence-electron chi connectivity index (χ0n) is 19.5. The van der Waals surface area contributed by atoms with E-state index in [1.54, 1.807) is 23.3 Å². The van der Waals surface area contributed by atoms with Crippen LogP contribution in [0.3, 0.4) is 0 Å². The molecule has 3 amide bonds. The fourth-order valence-electron chi connectivity index (χ4n) is 3.84. The average Bonchev–Trinajstić information content (AvgIpc) is 3.24. The number of ether oxygens (including phenoxy) is 2. The van der Waals surface area contributed by atoms with E-state index in [1.165, 1.54) is 4.88 Å². The number of benzene rings is 1. The molecule has 1 aromatic heterocycles. The number of fused-ring (bicyclic) bond motifs is 1. The molecule has 32 heavy (non-hydrogen) atoms. The molecule has 0 fully saturated rings. The van der Waals surface area contributed by atoms with Crippen molar-refractivity contribution in [2.75, 3.05) is 26.8 Å². The van der Waals surface area contributed by atoms with Gasteiger partial charge in [0, 0.05) is 23.5 Å². The summed E-state index contributed by atoms with van der Waals surface area (Å²) >= 11 is 1.71. The Bertz CT molecular complexity index is 927. The number of para-hydroxylation sites is 2. The molecular formula is C24H33N3O4S. The zero-order valence-corrected chi connectivity index (χ0v) is 20.3. The van der Waals surface area contributed by atoms with Crippen molar-refractivity contribution in [1.29, 1.82) is 0 Å². The highest BCUT2D eigenvalue weighted by Gasteiger charge is 2.34. The van der Waals surface area contributed by atoms with Crippen molar-refractivity contribution in [3.63, 3.8) is 0 Å². The van der Waals surface area contributed by atoms with Crippen LogP contribution in [0.4, 0.5) is 4.79 Å². The largest absolute Gasteiger partial charge is 0.493 e. The molecule has 0 radical (unpaired) electrons. The highest BCUT2D eigenvalue weighted by Crippen LogP contribution is 2.35. The van der Waals surface area contributed by atoms with Crippen LogP contribution in [0.25, 0.3) is 0 Å². The molecule has 0 unspecified atom stereocenters. The highest BCUT2D eigenvalue weighted by molar-refractivity contribution is 7.10. The van der Waals surface area contributed by atoms with Gasteiger partial charge in [-0.3, -0.25) is 4.79 Å². The van der Waals surface area contributed by atoms with Gasteiger partial charge in [-0.1, -0.05) is 12.1 Å². The first kappa shape index (κ1) is 23.9. The van der Waals surface area contributed by atoms with E-state index in [2.05, 4.69) is 16.8 Å². The summed E-state index contributed by atoms with van der Waals surface area (Å²) in [5, 5.41) is 4.95. The highest BCUT2D eigenvalue weighted by atomic mass is 32.1. The van der Waals surface area contributed by atoms with Gasteiger partial charge in [-0.2, -0.15) is 0 Å². The Morgan fingerprint density at radius 3 is 2.56 bits per heavy atom. The minimum atomic E-state index is -0.224. The zero-order chi connectivity index (χ0) is 23.3. The first-order chi connectivity index (χ1) is 15.3. The van der Waals surface area contributed by atoms with E-state index in [4.69, 9.17) is 9.47 Å². The maximum Gasteiger partial charge on any atom is 0.318 e. The lowest BCUT2D eigenvalue weighted by molar-refractivity contribution is -0.135. The van der Waals surface area contributed by atoms with E-state index in [0.717, 1.165) is 12.0 Å². The molecule has 0 spiro atoms. The van der Waals surface area contributed by atoms with Crippen LogP contribution >= 0.6 is 11.3 Å². The predicted molar refractivity (Wildman–Crippen MR) is 126 cm³/mol. The van der Waals surface area contributed by atoms with Gasteiger partial charge in [0.25, 0.3) is 0 Å². The molecule has 1 N–H and O–H groups in total. The number of amides is 3. The summed E-state index contributed by atoms with van der Waals surface area (Å²) in [5.41, 5.74) is 1.12. The molecule has 0 aliphatic carbocycles. The van der Waals surface area contributed by atoms with Gasteiger partial charge in [-0.05, 0) is 63.3 Å². The Hall–Kier alpha value is -2.74. The van der Waals surface area contributed by atoms with Crippen LogP contribution in [-0.2, 0) is 11.2 Å². The van der Waals surface area contributed by atoms with Crippen LogP contribution < -0.4 is 14.8 Å². The molecule has 3 rings (SSSR count). The quantitative estimate of drug-likeness (QED) is 0.646. The van der Waals surface area contributed by atoms with Crippen LogP contribution in [0, 0.1) is 0 Å². The molecule has 1 aliphatic rings. The second-order valence-corrected chi connectivity index (χ2v) is 9.44. The van der Waals surface area contributed by atoms with Crippen molar-refractivity contribution < 1.29 is 19.1 Å². The van der Waals surface area contributed by atoms with Crippen molar-refractivity contribution in [3.05, 3.63) is 46.2 Å². The molecule has 174 valence electrons. The molecule has 1 aromatic carbocycles. The Labute approximate surface area is 194 Å². The van der Waals surface area contributed by atoms with E-state index in [9.17, 15) is 9.59 Å². The van der Waals surface area contributed by atoms with Gasteiger partial charge >= 0.3 is 6.03 Å². The number of carbonyl (C=O) groups is 2. The standard InChI is InChI=1S/C24H33N3O4S/c1-16(2)25-24(29)27(17(3)4)14-23(28)26-12-10-22-18(11-13-32-22)19(26)15-31-21-9-7-6-8-20(21)30-5/h6-9,11,13,16-17,19H,10,12,14-15H2,1-5H3,(H,25,29)/t19-/m0/s1. The van der Waals surface area contributed by atoms with Crippen molar-refractivity contribution in [2.45, 2.75) is 52.2 Å². The molecule has 2 heterocycles. The third-order valence-corrected chi connectivity index (χ3v) is 6.48. The molecule has 1 aliphatic heterocycles. The number of nitrogens with zero attached hydrogens (tertiary/aromatic N) is 2. The number of hydrogen-bond donors (Lipinski definition) is 1. The maximum atomic E-state index is 13.4. The number of rotatable bonds is 8. The van der Waals surface area contributed by atoms with Gasteiger partial charge in [0.1, 0.15) is 13.2 Å². The summed E-state index contributed by atoms with van der Waals surface area (Å²) in [6, 6.07) is 9.03. The summed E-state index contributed by atoms with van der Waals surface area (Å²) in [6.07, 6.45) is 0.809. The first-order valence-electron chi connectivity index (χ1n) is 11.0. The van der Waals surface area contributed by atoms with Crippen molar-refractivity contribution in [2.24, 2.45) is 0 Å². The second-order valence-electron chi connectivity index (χ2n) is 8.44. The van der Waals surface area contributed by atoms with Crippen molar-refractivity contribution >= 4 is 23.3 Å². The van der Waals surface area contributed by atoms with Crippen molar-refractivity contribution in [1.82, 2.24) is 15.1 Å². The average molecular weight is 460 g/mol. The Morgan fingerprint density at radius 1 is 1.19 bits per heavy atom. The maximum absolute atomic E-state index is 13.4. The third-order valence-electron chi connectivity index (χ3n) is 5.48. The Balaban J connectivity index is 1.78. The van der Waals surface area contributed by atoms with E-state index < -0.39 is 0 Å². The number of carbonyl (C=O) groups excluding carboxylic acids is 2. The number of urea groups is 1. The molecule has 0 saturated carbocycles. The van der Waals surface area contributed by atoms with E-state index >= 15 is 0 Å². The normalized spacial score (nSPS) is 15.5. The van der Waals surface area contributed by atoms with E-state index in [0.29, 0.717) is 24.7 Å². The van der Waals surface area contributed by atoms with Crippen LogP contribution in [0.5, 0.6) is 11.5 Å². The van der Waals surface area contributed by atoms with E-state index in [1.807, 2.05) is 56.9 Å². The van der Waals surface area contributed by atoms with Crippen LogP contribution in [0.1, 0.15) is 44.2 Å². The fraction of sp³-hybridized carbons (Fsp3) is 0.500. The lowest BCUT2D eigenvalue weighted by Crippen LogP contribution is -2.52. The van der Waals surface area contributed by atoms with E-state index in [-0.39, 0.29) is 36.6 Å². The summed E-state index contributed by atoms with van der Waals surface area (Å²) < 4.78 is 11.5. The van der Waals surface area contributed by atoms with Gasteiger partial charge < -0.3 is 24.6 Å². The summed E-state index contributed by atoms with van der Waals surface area (Å²) in [6.45, 7) is 8.60. The number of hydrogen-bond acceptors (Lipinski definition) is 5. The number of nitrogens with one attached hydrogen (secondary N) is 1. The summed E-state index contributed by atoms with van der Waals surface area (Å²) in [5.74, 6) is 1.22. The molecule has 0 saturated heterocycles. The molecule has 8 heteroatoms. The monoisotopic (exact) mass is 459 g/mol. The summed E-state index contributed by atoms with van der Waals surface area (Å²) in [7, 11) is 1.61. The molecule has 2 aromatic rings. The van der Waals surface area contributed by atoms with Crippen molar-refractivity contribution in [3.8, 4) is 11.5 Å². The van der Waals surface area contributed by atoms with Gasteiger partial charge in [0.05, 0.1) is 13.2 Å². The Kier molecular flexibility index (Phi) is 8.01. The molecule has 1 atom stereocenters. The van der Waals surface area contributed by atoms with Gasteiger partial charge in [0.2, 0.25) is 5.91 Å². The minimum Gasteiger partial charge on any atom is -0.493 e. The van der Waals surface area contributed by atoms with Gasteiger partial charge in [-0.25, -0.2) is 4.79 Å². The topological polar surface area (TPSA) is 71.1 Å². The SMILES string of the molecule is COc1ccccc1OC[C@H]1c2ccsc2CCN1C(=O)CN(C(=O)NC(C)C)C(C)C. The Morgan fingerprint density at radius 2 is 1.91 bits per heavy atom. The van der Waals surface area contributed by atoms with Crippen LogP contribution in [0.15, 0.2) is 35.7 Å². The second kappa shape index (κ2) is 10.7. The fourth-order valence-corrected chi connectivity index (χ4v) is 4.76. The molecule has 7 nitrogen and oxygen atoms in total. The number of thiophene rings is 1. The predicted octanol–water partition coefficient (Wildman–Crippen LogP) is 4.09. The number of methoxy groups -OCH3 is 1. The minimum absolute atomic E-state index is 0.00389.